The van der Waals surface area contributed by atoms with E-state index in [-0.39, 0.29) is 11.3 Å². The number of nitrogens with zero attached hydrogens (tertiary/aromatic N) is 4. The molecule has 0 spiro atoms. The molecule has 2 aromatic carbocycles. The normalized spacial score (nSPS) is 25.0. The van der Waals surface area contributed by atoms with Crippen molar-refractivity contribution in [3.63, 3.8) is 0 Å². The van der Waals surface area contributed by atoms with Crippen molar-refractivity contribution in [2.75, 3.05) is 18.5 Å². The van der Waals surface area contributed by atoms with Gasteiger partial charge in [-0.2, -0.15) is 0 Å². The molecule has 2 aliphatic rings. The lowest BCUT2D eigenvalue weighted by Crippen LogP contribution is -2.31. The fraction of sp³-hybridized carbons (Fsp3) is 0.310. The van der Waals surface area contributed by atoms with Crippen LogP contribution < -0.4 is 10.6 Å². The van der Waals surface area contributed by atoms with Crippen LogP contribution in [-0.4, -0.2) is 73.1 Å². The summed E-state index contributed by atoms with van der Waals surface area (Å²) in [4.78, 5) is 45.7. The number of carbonyl (C=O) groups excluding carboxylic acids is 1. The number of nitrogens with one attached hydrogen (secondary N) is 2. The molecule has 18 heteroatoms. The SMILES string of the molecule is CCNC(=O)Nc1ncnc2c1ncn2[C@@H]1O[C@H](COP(=O)(O)OP(=O)(O)Cc2ccccc2)C2O[C@H](/C=C/c3ccccc3)O[C@@H]21. The maximum absolute atomic E-state index is 12.8. The van der Waals surface area contributed by atoms with Gasteiger partial charge < -0.3 is 29.3 Å². The van der Waals surface area contributed by atoms with Crippen LogP contribution in [-0.2, 0) is 38.3 Å². The van der Waals surface area contributed by atoms with Crippen molar-refractivity contribution in [3.05, 3.63) is 90.5 Å². The van der Waals surface area contributed by atoms with E-state index in [1.807, 2.05) is 36.4 Å². The first-order chi connectivity index (χ1) is 22.6. The molecule has 248 valence electrons. The topological polar surface area (TPSA) is 205 Å². The molecule has 0 aliphatic carbocycles. The van der Waals surface area contributed by atoms with Crippen molar-refractivity contribution >= 4 is 44.5 Å². The number of anilines is 1. The molecule has 2 saturated heterocycles. The summed E-state index contributed by atoms with van der Waals surface area (Å²) in [5.74, 6) is 0.170. The Morgan fingerprint density at radius 2 is 1.72 bits per heavy atom. The van der Waals surface area contributed by atoms with Crippen molar-refractivity contribution < 1.29 is 46.8 Å². The van der Waals surface area contributed by atoms with E-state index in [4.69, 9.17) is 23.0 Å². The predicted molar refractivity (Wildman–Crippen MR) is 168 cm³/mol. The maximum Gasteiger partial charge on any atom is 0.479 e. The first-order valence-corrected chi connectivity index (χ1v) is 17.8. The van der Waals surface area contributed by atoms with Crippen molar-refractivity contribution in [2.45, 2.75) is 43.9 Å². The van der Waals surface area contributed by atoms with Crippen LogP contribution in [0.3, 0.4) is 0 Å². The minimum atomic E-state index is -5.04. The zero-order chi connectivity index (χ0) is 33.0. The Morgan fingerprint density at radius 3 is 2.47 bits per heavy atom. The number of phosphoric ester groups is 1. The second kappa shape index (κ2) is 14.1. The molecular formula is C29H32N6O10P2. The molecule has 2 amide bonds. The first kappa shape index (κ1) is 33.1. The molecule has 6 rings (SSSR count). The summed E-state index contributed by atoms with van der Waals surface area (Å²) in [6.45, 7) is 1.63. The van der Waals surface area contributed by atoms with Gasteiger partial charge in [-0.25, -0.2) is 28.6 Å². The van der Waals surface area contributed by atoms with E-state index in [9.17, 15) is 23.7 Å². The summed E-state index contributed by atoms with van der Waals surface area (Å²) in [7, 11) is -9.61. The lowest BCUT2D eigenvalue weighted by Gasteiger charge is -2.21. The Morgan fingerprint density at radius 1 is 1.00 bits per heavy atom. The van der Waals surface area contributed by atoms with Gasteiger partial charge >= 0.3 is 21.4 Å². The van der Waals surface area contributed by atoms with Crippen molar-refractivity contribution in [1.82, 2.24) is 24.8 Å². The number of hydrogen-bond acceptors (Lipinski definition) is 11. The summed E-state index contributed by atoms with van der Waals surface area (Å²) in [5, 5.41) is 5.26. The minimum Gasteiger partial charge on any atom is -0.347 e. The molecular weight excluding hydrogens is 654 g/mol. The van der Waals surface area contributed by atoms with Crippen LogP contribution in [0.1, 0.15) is 24.3 Å². The standard InChI is InChI=1S/C29H32N6O10P2/c1-2-30-29(36)34-26-23-27(32-17-31-26)35(18-33-23)28-25-24(43-22(44-25)14-13-19-9-5-3-6-10-19)21(42-28)15-41-47(39,40)45-46(37,38)16-20-11-7-4-8-12-20/h3-14,17-18,21-22,24-25,28H,2,15-16H2,1H3,(H,37,38)(H,39,40)(H2,30,31,32,34,36)/b14-13+/t21-,22+,24?,25+,28-/m1/s1. The number of rotatable bonds is 12. The van der Waals surface area contributed by atoms with Crippen molar-refractivity contribution in [3.8, 4) is 0 Å². The molecule has 4 aromatic rings. The Kier molecular flexibility index (Phi) is 9.94. The predicted octanol–water partition coefficient (Wildman–Crippen LogP) is 4.21. The first-order valence-electron chi connectivity index (χ1n) is 14.6. The highest BCUT2D eigenvalue weighted by molar-refractivity contribution is 7.63. The molecule has 3 unspecified atom stereocenters. The lowest BCUT2D eigenvalue weighted by atomic mass is 10.1. The van der Waals surface area contributed by atoms with Gasteiger partial charge in [-0.05, 0) is 24.1 Å². The van der Waals surface area contributed by atoms with Gasteiger partial charge in [0, 0.05) is 6.54 Å². The molecule has 0 saturated carbocycles. The molecule has 7 atom stereocenters. The molecule has 47 heavy (non-hydrogen) atoms. The smallest absolute Gasteiger partial charge is 0.347 e. The van der Waals surface area contributed by atoms with Crippen LogP contribution in [0, 0.1) is 0 Å². The average molecular weight is 687 g/mol. The van der Waals surface area contributed by atoms with Gasteiger partial charge in [0.15, 0.2) is 29.5 Å². The van der Waals surface area contributed by atoms with Crippen LogP contribution in [0.15, 0.2) is 79.4 Å². The summed E-state index contributed by atoms with van der Waals surface area (Å²) >= 11 is 0. The monoisotopic (exact) mass is 686 g/mol. The van der Waals surface area contributed by atoms with Gasteiger partial charge in [0.2, 0.25) is 0 Å². The van der Waals surface area contributed by atoms with E-state index >= 15 is 0 Å². The zero-order valence-electron chi connectivity index (χ0n) is 24.9. The fourth-order valence-electron chi connectivity index (χ4n) is 5.20. The zero-order valence-corrected chi connectivity index (χ0v) is 26.7. The molecule has 4 heterocycles. The molecule has 2 aromatic heterocycles. The number of benzene rings is 2. The minimum absolute atomic E-state index is 0.170. The number of carbonyl (C=O) groups is 1. The van der Waals surface area contributed by atoms with Gasteiger partial charge in [0.25, 0.3) is 0 Å². The van der Waals surface area contributed by atoms with Gasteiger partial charge in [0.05, 0.1) is 19.1 Å². The van der Waals surface area contributed by atoms with E-state index < -0.39 is 65.0 Å². The van der Waals surface area contributed by atoms with Gasteiger partial charge in [-0.1, -0.05) is 66.7 Å². The number of aromatic nitrogens is 4. The van der Waals surface area contributed by atoms with Crippen LogP contribution >= 0.6 is 15.4 Å². The van der Waals surface area contributed by atoms with E-state index in [0.717, 1.165) is 5.56 Å². The number of fused-ring (bicyclic) bond motifs is 2. The third-order valence-electron chi connectivity index (χ3n) is 7.17. The second-order valence-electron chi connectivity index (χ2n) is 10.6. The molecule has 16 nitrogen and oxygen atoms in total. The number of amides is 2. The number of hydrogen-bond donors (Lipinski definition) is 4. The van der Waals surface area contributed by atoms with E-state index in [0.29, 0.717) is 17.8 Å². The highest BCUT2D eigenvalue weighted by Crippen LogP contribution is 2.61. The Hall–Kier alpha value is -3.82. The van der Waals surface area contributed by atoms with Crippen LogP contribution in [0.5, 0.6) is 0 Å². The quantitative estimate of drug-likeness (QED) is 0.154. The molecule has 0 bridgehead atoms. The Bertz CT molecular complexity index is 1830. The van der Waals surface area contributed by atoms with E-state index in [2.05, 4.69) is 25.6 Å². The highest BCUT2D eigenvalue weighted by Gasteiger charge is 2.54. The number of imidazole rings is 1. The summed E-state index contributed by atoms with van der Waals surface area (Å²) in [6, 6.07) is 17.3. The Labute approximate surface area is 268 Å². The molecule has 4 N–H and O–H groups in total. The van der Waals surface area contributed by atoms with Crippen LogP contribution in [0.25, 0.3) is 17.2 Å². The third kappa shape index (κ3) is 8.01. The average Bonchev–Trinajstić information content (AvgIpc) is 3.74. The van der Waals surface area contributed by atoms with Crippen LogP contribution in [0.4, 0.5) is 10.6 Å². The summed E-state index contributed by atoms with van der Waals surface area (Å²) in [6.07, 6.45) is 1.43. The van der Waals surface area contributed by atoms with Gasteiger partial charge in [-0.15, -0.1) is 0 Å². The molecule has 0 radical (unpaired) electrons. The summed E-state index contributed by atoms with van der Waals surface area (Å²) in [5.41, 5.74) is 1.94. The number of phosphoric acid groups is 1. The second-order valence-corrected chi connectivity index (χ2v) is 14.0. The molecule has 2 aliphatic heterocycles. The number of ether oxygens (including phenoxy) is 3. The maximum atomic E-state index is 12.8. The van der Waals surface area contributed by atoms with Crippen LogP contribution in [0.2, 0.25) is 0 Å². The van der Waals surface area contributed by atoms with Crippen molar-refractivity contribution in [2.24, 2.45) is 0 Å². The Balaban J connectivity index is 1.21. The molecule has 2 fully saturated rings. The summed E-state index contributed by atoms with van der Waals surface area (Å²) < 4.78 is 55.5. The van der Waals surface area contributed by atoms with Crippen molar-refractivity contribution in [1.29, 1.82) is 0 Å². The van der Waals surface area contributed by atoms with Gasteiger partial charge in [0.1, 0.15) is 24.6 Å². The van der Waals surface area contributed by atoms with E-state index in [1.54, 1.807) is 47.9 Å². The fourth-order valence-corrected chi connectivity index (χ4v) is 7.92. The van der Waals surface area contributed by atoms with Gasteiger partial charge in [-0.3, -0.25) is 19.0 Å². The third-order valence-corrected chi connectivity index (χ3v) is 10.3. The lowest BCUT2D eigenvalue weighted by molar-refractivity contribution is -0.132. The number of urea groups is 1. The van der Waals surface area contributed by atoms with E-state index in [1.165, 1.54) is 12.7 Å². The largest absolute Gasteiger partial charge is 0.479 e. The highest BCUT2D eigenvalue weighted by atomic mass is 31.3.